The molecule has 2 aliphatic carbocycles. The van der Waals surface area contributed by atoms with Crippen LogP contribution in [0.1, 0.15) is 33.6 Å². The van der Waals surface area contributed by atoms with Crippen molar-refractivity contribution in [1.82, 2.24) is 20.9 Å². The first-order valence-electron chi connectivity index (χ1n) is 12.9. The van der Waals surface area contributed by atoms with Gasteiger partial charge < -0.3 is 31.3 Å². The van der Waals surface area contributed by atoms with Gasteiger partial charge in [0.15, 0.2) is 0 Å². The van der Waals surface area contributed by atoms with Gasteiger partial charge in [0.05, 0.1) is 6.61 Å². The van der Waals surface area contributed by atoms with Crippen LogP contribution in [0.15, 0.2) is 12.2 Å². The summed E-state index contributed by atoms with van der Waals surface area (Å²) < 4.78 is 44.7. The standard InChI is InChI=1S/C25H34F3N5O6/c1-24(2,3)18(32-23(38)25(26,27)28)22(37)33-10-13-11-4-5-12(8-11)16(13)17(33)21(36)31-14(19(29)34)9-15-20(35)30-6-7-39-15/h4-5,11-18H,6-10H2,1-3H3,(H2,29,34)(H,30,35)(H,31,36)(H,32,38)/t11-,12+,13-,14+,15+,16+,17+,18-/m1/s1. The molecule has 4 aliphatic rings. The average Bonchev–Trinajstić information content (AvgIpc) is 3.54. The molecule has 11 nitrogen and oxygen atoms in total. The van der Waals surface area contributed by atoms with Crippen molar-refractivity contribution in [3.63, 3.8) is 0 Å². The quantitative estimate of drug-likeness (QED) is 0.312. The number of nitrogens with zero attached hydrogens (tertiary/aromatic N) is 1. The van der Waals surface area contributed by atoms with E-state index in [4.69, 9.17) is 10.5 Å². The number of primary amides is 1. The highest BCUT2D eigenvalue weighted by Crippen LogP contribution is 2.54. The second-order valence-electron chi connectivity index (χ2n) is 11.7. The van der Waals surface area contributed by atoms with Crippen molar-refractivity contribution in [2.24, 2.45) is 34.8 Å². The predicted molar refractivity (Wildman–Crippen MR) is 129 cm³/mol. The van der Waals surface area contributed by atoms with Crippen LogP contribution in [0.2, 0.25) is 0 Å². The summed E-state index contributed by atoms with van der Waals surface area (Å²) in [6.07, 6.45) is -1.67. The Labute approximate surface area is 223 Å². The monoisotopic (exact) mass is 557 g/mol. The van der Waals surface area contributed by atoms with Gasteiger partial charge in [-0.25, -0.2) is 0 Å². The molecular weight excluding hydrogens is 523 g/mol. The van der Waals surface area contributed by atoms with Crippen LogP contribution in [0.3, 0.4) is 0 Å². The third kappa shape index (κ3) is 5.75. The highest BCUT2D eigenvalue weighted by Gasteiger charge is 2.59. The number of hydrogen-bond donors (Lipinski definition) is 4. The third-order valence-electron chi connectivity index (χ3n) is 8.12. The lowest BCUT2D eigenvalue weighted by Gasteiger charge is -2.37. The first-order valence-corrected chi connectivity index (χ1v) is 12.9. The van der Waals surface area contributed by atoms with Crippen LogP contribution in [0.25, 0.3) is 0 Å². The molecule has 0 aromatic carbocycles. The molecule has 0 spiro atoms. The van der Waals surface area contributed by atoms with Crippen molar-refractivity contribution >= 4 is 29.5 Å². The molecular formula is C25H34F3N5O6. The van der Waals surface area contributed by atoms with Gasteiger partial charge in [0, 0.05) is 19.5 Å². The predicted octanol–water partition coefficient (Wildman–Crippen LogP) is -0.396. The molecule has 1 saturated carbocycles. The number of hydrogen-bond acceptors (Lipinski definition) is 6. The summed E-state index contributed by atoms with van der Waals surface area (Å²) in [4.78, 5) is 64.9. The molecule has 216 valence electrons. The molecule has 4 rings (SSSR count). The van der Waals surface area contributed by atoms with Crippen LogP contribution in [-0.4, -0.2) is 84.5 Å². The number of nitrogens with two attached hydrogens (primary N) is 1. The number of ether oxygens (including phenoxy) is 1. The molecule has 3 fully saturated rings. The second kappa shape index (κ2) is 10.4. The van der Waals surface area contributed by atoms with Gasteiger partial charge in [-0.3, -0.25) is 24.0 Å². The maximum absolute atomic E-state index is 13.8. The topological polar surface area (TPSA) is 160 Å². The fourth-order valence-corrected chi connectivity index (χ4v) is 6.26. The lowest BCUT2D eigenvalue weighted by Crippen LogP contribution is -2.61. The number of amides is 5. The number of halogens is 3. The molecule has 14 heteroatoms. The minimum absolute atomic E-state index is 0.0362. The summed E-state index contributed by atoms with van der Waals surface area (Å²) in [6, 6.07) is -3.98. The Kier molecular flexibility index (Phi) is 7.71. The molecule has 8 atom stereocenters. The Morgan fingerprint density at radius 1 is 1.15 bits per heavy atom. The molecule has 0 aromatic rings. The number of rotatable bonds is 7. The number of carbonyl (C=O) groups is 5. The van der Waals surface area contributed by atoms with Crippen molar-refractivity contribution in [1.29, 1.82) is 0 Å². The lowest BCUT2D eigenvalue weighted by molar-refractivity contribution is -0.176. The number of fused-ring (bicyclic) bond motifs is 5. The Balaban J connectivity index is 1.60. The fourth-order valence-electron chi connectivity index (χ4n) is 6.26. The molecule has 2 heterocycles. The van der Waals surface area contributed by atoms with Gasteiger partial charge in [-0.05, 0) is 35.5 Å². The van der Waals surface area contributed by atoms with Crippen molar-refractivity contribution in [3.8, 4) is 0 Å². The summed E-state index contributed by atoms with van der Waals surface area (Å²) in [7, 11) is 0. The molecule has 0 unspecified atom stereocenters. The van der Waals surface area contributed by atoms with Crippen LogP contribution in [0.5, 0.6) is 0 Å². The maximum atomic E-state index is 13.8. The van der Waals surface area contributed by atoms with E-state index in [2.05, 4.69) is 10.6 Å². The normalized spacial score (nSPS) is 31.3. The Morgan fingerprint density at radius 3 is 2.41 bits per heavy atom. The van der Waals surface area contributed by atoms with Gasteiger partial charge in [0.1, 0.15) is 24.2 Å². The molecule has 5 amide bonds. The van der Waals surface area contributed by atoms with Gasteiger partial charge in [0.2, 0.25) is 23.6 Å². The van der Waals surface area contributed by atoms with Crippen LogP contribution in [0, 0.1) is 29.1 Å². The highest BCUT2D eigenvalue weighted by atomic mass is 19.4. The van der Waals surface area contributed by atoms with E-state index in [1.165, 1.54) is 25.7 Å². The number of likely N-dealkylation sites (tertiary alicyclic amines) is 1. The third-order valence-corrected chi connectivity index (χ3v) is 8.12. The smallest absolute Gasteiger partial charge is 0.368 e. The van der Waals surface area contributed by atoms with Gasteiger partial charge in [-0.1, -0.05) is 32.9 Å². The zero-order valence-corrected chi connectivity index (χ0v) is 21.9. The van der Waals surface area contributed by atoms with Crippen molar-refractivity contribution in [3.05, 3.63) is 12.2 Å². The Bertz CT molecular complexity index is 1070. The zero-order valence-electron chi connectivity index (χ0n) is 21.9. The van der Waals surface area contributed by atoms with Crippen LogP contribution in [0.4, 0.5) is 13.2 Å². The summed E-state index contributed by atoms with van der Waals surface area (Å²) in [6.45, 7) is 5.18. The van der Waals surface area contributed by atoms with Gasteiger partial charge >= 0.3 is 12.1 Å². The first kappa shape index (κ1) is 28.8. The fraction of sp³-hybridized carbons (Fsp3) is 0.720. The SMILES string of the molecule is CC(C)(C)[C@H](NC(=O)C(F)(F)F)C(=O)N1C[C@H]2[C@@H]([C@H]1C(=O)N[C@@H](C[C@@H]1OCCNC1=O)C(N)=O)[C@H]1C=C[C@@H]2C1. The van der Waals surface area contributed by atoms with E-state index < -0.39 is 65.4 Å². The van der Waals surface area contributed by atoms with Crippen LogP contribution >= 0.6 is 0 Å². The van der Waals surface area contributed by atoms with Gasteiger partial charge in [-0.2, -0.15) is 13.2 Å². The zero-order chi connectivity index (χ0) is 28.9. The summed E-state index contributed by atoms with van der Waals surface area (Å²) in [5, 5.41) is 6.99. The van der Waals surface area contributed by atoms with Crippen molar-refractivity contribution in [2.45, 2.75) is 64.0 Å². The molecule has 2 bridgehead atoms. The minimum atomic E-state index is -5.20. The number of morpholine rings is 1. The van der Waals surface area contributed by atoms with E-state index in [1.54, 1.807) is 0 Å². The largest absolute Gasteiger partial charge is 0.471 e. The van der Waals surface area contributed by atoms with Crippen LogP contribution in [-0.2, 0) is 28.7 Å². The van der Waals surface area contributed by atoms with Crippen molar-refractivity contribution < 1.29 is 41.9 Å². The Morgan fingerprint density at radius 2 is 1.82 bits per heavy atom. The Hall–Kier alpha value is -3.16. The summed E-state index contributed by atoms with van der Waals surface area (Å²) in [5.41, 5.74) is 4.41. The molecule has 2 aliphatic heterocycles. The van der Waals surface area contributed by atoms with E-state index in [9.17, 15) is 37.1 Å². The summed E-state index contributed by atoms with van der Waals surface area (Å²) >= 11 is 0. The van der Waals surface area contributed by atoms with Gasteiger partial charge in [0.25, 0.3) is 0 Å². The van der Waals surface area contributed by atoms with E-state index in [0.29, 0.717) is 6.54 Å². The molecule has 5 N–H and O–H groups in total. The van der Waals surface area contributed by atoms with Gasteiger partial charge in [-0.15, -0.1) is 0 Å². The number of nitrogens with one attached hydrogen (secondary N) is 3. The number of alkyl halides is 3. The highest BCUT2D eigenvalue weighted by molar-refractivity contribution is 5.96. The van der Waals surface area contributed by atoms with Crippen LogP contribution < -0.4 is 21.7 Å². The maximum Gasteiger partial charge on any atom is 0.471 e. The average molecular weight is 558 g/mol. The molecule has 39 heavy (non-hydrogen) atoms. The first-order chi connectivity index (χ1) is 18.1. The van der Waals surface area contributed by atoms with E-state index in [1.807, 2.05) is 17.5 Å². The summed E-state index contributed by atoms with van der Waals surface area (Å²) in [5.74, 6) is -5.52. The number of carbonyl (C=O) groups excluding carboxylic acids is 5. The van der Waals surface area contributed by atoms with Crippen molar-refractivity contribution in [2.75, 3.05) is 19.7 Å². The molecule has 0 aromatic heterocycles. The minimum Gasteiger partial charge on any atom is -0.368 e. The molecule has 0 radical (unpaired) electrons. The second-order valence-corrected chi connectivity index (χ2v) is 11.7. The lowest BCUT2D eigenvalue weighted by atomic mass is 9.81. The van der Waals surface area contributed by atoms with E-state index in [-0.39, 0.29) is 43.2 Å². The van der Waals surface area contributed by atoms with E-state index >= 15 is 0 Å². The number of allylic oxidation sites excluding steroid dienone is 2. The van der Waals surface area contributed by atoms with E-state index in [0.717, 1.165) is 6.42 Å². The molecule has 2 saturated heterocycles.